The summed E-state index contributed by atoms with van der Waals surface area (Å²) in [5, 5.41) is 7.78. The fourth-order valence-corrected chi connectivity index (χ4v) is 3.76. The van der Waals surface area contributed by atoms with Gasteiger partial charge in [0.2, 0.25) is 0 Å². The summed E-state index contributed by atoms with van der Waals surface area (Å²) < 4.78 is 0. The van der Waals surface area contributed by atoms with E-state index in [1.807, 2.05) is 29.6 Å². The number of nitrogens with zero attached hydrogens (tertiary/aromatic N) is 2. The van der Waals surface area contributed by atoms with E-state index in [0.717, 1.165) is 30.0 Å². The van der Waals surface area contributed by atoms with Crippen molar-refractivity contribution in [3.63, 3.8) is 0 Å². The quantitative estimate of drug-likeness (QED) is 0.730. The Hall–Kier alpha value is -1.92. The van der Waals surface area contributed by atoms with Crippen LogP contribution in [0.2, 0.25) is 0 Å². The lowest BCUT2D eigenvalue weighted by atomic mass is 10.1. The van der Waals surface area contributed by atoms with Crippen molar-refractivity contribution in [3.8, 4) is 10.6 Å². The van der Waals surface area contributed by atoms with Crippen LogP contribution in [0.4, 0.5) is 10.5 Å². The summed E-state index contributed by atoms with van der Waals surface area (Å²) >= 11 is 1.66. The summed E-state index contributed by atoms with van der Waals surface area (Å²) in [5.74, 6) is 0. The number of carbonyl (C=O) groups excluding carboxylic acids is 1. The Morgan fingerprint density at radius 1 is 1.16 bits per heavy atom. The summed E-state index contributed by atoms with van der Waals surface area (Å²) in [6.45, 7) is 4.34. The lowest BCUT2D eigenvalue weighted by Crippen LogP contribution is -2.32. The van der Waals surface area contributed by atoms with Gasteiger partial charge in [0.05, 0.1) is 22.5 Å². The van der Waals surface area contributed by atoms with E-state index in [0.29, 0.717) is 12.2 Å². The van der Waals surface area contributed by atoms with Gasteiger partial charge in [0, 0.05) is 6.54 Å². The summed E-state index contributed by atoms with van der Waals surface area (Å²) in [4.78, 5) is 20.0. The van der Waals surface area contributed by atoms with Crippen molar-refractivity contribution >= 4 is 23.1 Å². The third-order valence-electron chi connectivity index (χ3n) is 4.43. The molecule has 2 amide bonds. The monoisotopic (exact) mass is 358 g/mol. The number of carbonyl (C=O) groups is 1. The molecule has 1 fully saturated rings. The predicted molar refractivity (Wildman–Crippen MR) is 104 cm³/mol. The molecule has 3 heterocycles. The molecule has 1 saturated heterocycles. The van der Waals surface area contributed by atoms with E-state index in [1.165, 1.54) is 32.4 Å². The van der Waals surface area contributed by atoms with Crippen molar-refractivity contribution < 1.29 is 4.79 Å². The number of urea groups is 1. The van der Waals surface area contributed by atoms with Gasteiger partial charge in [0.25, 0.3) is 0 Å². The first-order chi connectivity index (χ1) is 12.3. The molecule has 2 aromatic heterocycles. The number of amides is 2. The van der Waals surface area contributed by atoms with Crippen LogP contribution in [-0.4, -0.2) is 42.1 Å². The number of thiophene rings is 1. The molecule has 0 atom stereocenters. The molecule has 0 unspecified atom stereocenters. The van der Waals surface area contributed by atoms with Crippen molar-refractivity contribution in [3.05, 3.63) is 35.8 Å². The molecular weight excluding hydrogens is 332 g/mol. The number of anilines is 1. The minimum atomic E-state index is -0.163. The molecule has 2 aromatic rings. The maximum Gasteiger partial charge on any atom is 0.319 e. The van der Waals surface area contributed by atoms with Crippen LogP contribution >= 0.6 is 11.3 Å². The molecule has 3 rings (SSSR count). The summed E-state index contributed by atoms with van der Waals surface area (Å²) in [7, 11) is 0. The first-order valence-corrected chi connectivity index (χ1v) is 9.96. The van der Waals surface area contributed by atoms with E-state index in [1.54, 1.807) is 17.5 Å². The van der Waals surface area contributed by atoms with E-state index in [2.05, 4.69) is 20.5 Å². The third kappa shape index (κ3) is 5.83. The van der Waals surface area contributed by atoms with Crippen LogP contribution in [0.5, 0.6) is 0 Å². The second-order valence-corrected chi connectivity index (χ2v) is 7.35. The number of pyridine rings is 1. The molecule has 25 heavy (non-hydrogen) atoms. The Kier molecular flexibility index (Phi) is 6.82. The highest BCUT2D eigenvalue weighted by Gasteiger charge is 2.09. The average Bonchev–Trinajstić information content (AvgIpc) is 3.18. The summed E-state index contributed by atoms with van der Waals surface area (Å²) in [6.07, 6.45) is 7.89. The SMILES string of the molecule is O=C(NCCCCN1CCCCC1)Nc1ccc(-c2cccs2)nc1. The maximum atomic E-state index is 11.9. The van der Waals surface area contributed by atoms with Gasteiger partial charge in [-0.15, -0.1) is 11.3 Å². The van der Waals surface area contributed by atoms with Crippen molar-refractivity contribution in [2.45, 2.75) is 32.1 Å². The molecule has 5 nitrogen and oxygen atoms in total. The van der Waals surface area contributed by atoms with Crippen molar-refractivity contribution in [1.82, 2.24) is 15.2 Å². The lowest BCUT2D eigenvalue weighted by Gasteiger charge is -2.26. The molecule has 0 saturated carbocycles. The standard InChI is InChI=1S/C19H26N4OS/c24-19(20-10-2-5-13-23-11-3-1-4-12-23)22-16-8-9-17(21-15-16)18-7-6-14-25-18/h6-9,14-15H,1-5,10-13H2,(H2,20,22,24). The van der Waals surface area contributed by atoms with Gasteiger partial charge in [-0.1, -0.05) is 12.5 Å². The maximum absolute atomic E-state index is 11.9. The van der Waals surface area contributed by atoms with Gasteiger partial charge >= 0.3 is 6.03 Å². The number of hydrogen-bond acceptors (Lipinski definition) is 4. The van der Waals surface area contributed by atoms with Crippen LogP contribution in [0.25, 0.3) is 10.6 Å². The zero-order valence-corrected chi connectivity index (χ0v) is 15.4. The molecule has 134 valence electrons. The van der Waals surface area contributed by atoms with E-state index in [-0.39, 0.29) is 6.03 Å². The van der Waals surface area contributed by atoms with Crippen molar-refractivity contribution in [1.29, 1.82) is 0 Å². The minimum Gasteiger partial charge on any atom is -0.338 e. The fraction of sp³-hybridized carbons (Fsp3) is 0.474. The first-order valence-electron chi connectivity index (χ1n) is 9.08. The Morgan fingerprint density at radius 2 is 2.04 bits per heavy atom. The number of aromatic nitrogens is 1. The normalized spacial score (nSPS) is 15.0. The van der Waals surface area contributed by atoms with Crippen molar-refractivity contribution in [2.75, 3.05) is 31.5 Å². The van der Waals surface area contributed by atoms with Crippen LogP contribution in [-0.2, 0) is 0 Å². The Morgan fingerprint density at radius 3 is 2.76 bits per heavy atom. The fourth-order valence-electron chi connectivity index (χ4n) is 3.06. The van der Waals surface area contributed by atoms with Crippen LogP contribution in [0.15, 0.2) is 35.8 Å². The smallest absolute Gasteiger partial charge is 0.319 e. The van der Waals surface area contributed by atoms with Gasteiger partial charge in [-0.05, 0) is 68.9 Å². The lowest BCUT2D eigenvalue weighted by molar-refractivity contribution is 0.224. The largest absolute Gasteiger partial charge is 0.338 e. The zero-order chi connectivity index (χ0) is 17.3. The highest BCUT2D eigenvalue weighted by Crippen LogP contribution is 2.23. The highest BCUT2D eigenvalue weighted by atomic mass is 32.1. The third-order valence-corrected chi connectivity index (χ3v) is 5.32. The number of rotatable bonds is 7. The average molecular weight is 359 g/mol. The van der Waals surface area contributed by atoms with E-state index < -0.39 is 0 Å². The number of nitrogens with one attached hydrogen (secondary N) is 2. The molecule has 1 aliphatic heterocycles. The molecule has 0 spiro atoms. The predicted octanol–water partition coefficient (Wildman–Crippen LogP) is 4.20. The number of likely N-dealkylation sites (tertiary alicyclic amines) is 1. The number of piperidine rings is 1. The second-order valence-electron chi connectivity index (χ2n) is 6.40. The highest BCUT2D eigenvalue weighted by molar-refractivity contribution is 7.13. The van der Waals surface area contributed by atoms with Crippen LogP contribution in [0.3, 0.4) is 0 Å². The molecule has 0 aliphatic carbocycles. The van der Waals surface area contributed by atoms with Crippen LogP contribution in [0.1, 0.15) is 32.1 Å². The van der Waals surface area contributed by atoms with Gasteiger partial charge in [0.1, 0.15) is 0 Å². The number of unbranched alkanes of at least 4 members (excludes halogenated alkanes) is 1. The summed E-state index contributed by atoms with van der Waals surface area (Å²) in [6, 6.07) is 7.70. The Bertz CT molecular complexity index is 636. The van der Waals surface area contributed by atoms with Gasteiger partial charge < -0.3 is 15.5 Å². The van der Waals surface area contributed by atoms with E-state index in [9.17, 15) is 4.79 Å². The molecule has 0 bridgehead atoms. The summed E-state index contributed by atoms with van der Waals surface area (Å²) in [5.41, 5.74) is 1.64. The minimum absolute atomic E-state index is 0.163. The number of hydrogen-bond donors (Lipinski definition) is 2. The topological polar surface area (TPSA) is 57.3 Å². The van der Waals surface area contributed by atoms with Gasteiger partial charge in [-0.2, -0.15) is 0 Å². The van der Waals surface area contributed by atoms with Crippen LogP contribution in [0, 0.1) is 0 Å². The second kappa shape index (κ2) is 9.53. The Labute approximate surface area is 153 Å². The van der Waals surface area contributed by atoms with Gasteiger partial charge in [-0.25, -0.2) is 4.79 Å². The van der Waals surface area contributed by atoms with Gasteiger partial charge in [0.15, 0.2) is 0 Å². The molecule has 1 aliphatic rings. The van der Waals surface area contributed by atoms with Crippen molar-refractivity contribution in [2.24, 2.45) is 0 Å². The van der Waals surface area contributed by atoms with E-state index >= 15 is 0 Å². The molecule has 2 N–H and O–H groups in total. The molecular formula is C19H26N4OS. The molecule has 0 aromatic carbocycles. The molecule has 0 radical (unpaired) electrons. The van der Waals surface area contributed by atoms with E-state index in [4.69, 9.17) is 0 Å². The Balaban J connectivity index is 1.32. The van der Waals surface area contributed by atoms with Crippen LogP contribution < -0.4 is 10.6 Å². The molecule has 6 heteroatoms. The zero-order valence-electron chi connectivity index (χ0n) is 14.5. The van der Waals surface area contributed by atoms with Gasteiger partial charge in [-0.3, -0.25) is 4.98 Å². The first kappa shape index (κ1) is 17.9.